The van der Waals surface area contributed by atoms with Gasteiger partial charge in [-0.25, -0.2) is 0 Å². The van der Waals surface area contributed by atoms with Crippen molar-refractivity contribution >= 4 is 17.4 Å². The van der Waals surface area contributed by atoms with Crippen LogP contribution >= 0.6 is 11.6 Å². The Balaban J connectivity index is 1.64. The second-order valence-corrected chi connectivity index (χ2v) is 6.93. The van der Waals surface area contributed by atoms with Crippen molar-refractivity contribution in [2.24, 2.45) is 5.92 Å². The lowest BCUT2D eigenvalue weighted by molar-refractivity contribution is 0.0698. The van der Waals surface area contributed by atoms with Crippen LogP contribution in [0.15, 0.2) is 24.3 Å². The lowest BCUT2D eigenvalue weighted by Crippen LogP contribution is -2.45. The van der Waals surface area contributed by atoms with Crippen LogP contribution in [0.4, 0.5) is 0 Å². The number of benzene rings is 1. The summed E-state index contributed by atoms with van der Waals surface area (Å²) in [5, 5.41) is 0.694. The second-order valence-electron chi connectivity index (χ2n) is 6.50. The predicted octanol–water partition coefficient (Wildman–Crippen LogP) is 4.57. The van der Waals surface area contributed by atoms with Crippen molar-refractivity contribution < 1.29 is 4.79 Å². The number of nitrogens with zero attached hydrogens (tertiary/aromatic N) is 1. The number of likely N-dealkylation sites (tertiary alicyclic amines) is 1. The van der Waals surface area contributed by atoms with E-state index in [-0.39, 0.29) is 5.92 Å². The number of ketones is 1. The molecule has 0 radical (unpaired) electrons. The highest BCUT2D eigenvalue weighted by Gasteiger charge is 2.30. The van der Waals surface area contributed by atoms with Crippen molar-refractivity contribution in [1.29, 1.82) is 0 Å². The topological polar surface area (TPSA) is 20.3 Å². The van der Waals surface area contributed by atoms with E-state index >= 15 is 0 Å². The summed E-state index contributed by atoms with van der Waals surface area (Å²) in [5.74, 6) is 0.467. The fourth-order valence-electron chi connectivity index (χ4n) is 3.85. The Morgan fingerprint density at radius 1 is 1.00 bits per heavy atom. The molecule has 3 rings (SSSR count). The van der Waals surface area contributed by atoms with Gasteiger partial charge in [0, 0.05) is 29.1 Å². The van der Waals surface area contributed by atoms with Crippen molar-refractivity contribution in [2.45, 2.75) is 51.0 Å². The van der Waals surface area contributed by atoms with Crippen LogP contribution in [0.5, 0.6) is 0 Å². The third-order valence-electron chi connectivity index (χ3n) is 5.04. The number of halogens is 1. The van der Waals surface area contributed by atoms with Crippen LogP contribution in [0.1, 0.15) is 55.3 Å². The monoisotopic (exact) mass is 305 g/mol. The minimum atomic E-state index is 0.168. The summed E-state index contributed by atoms with van der Waals surface area (Å²) < 4.78 is 0. The van der Waals surface area contributed by atoms with Gasteiger partial charge >= 0.3 is 0 Å². The average Bonchev–Trinajstić information content (AvgIpc) is 2.56. The third-order valence-corrected chi connectivity index (χ3v) is 5.30. The van der Waals surface area contributed by atoms with Crippen LogP contribution in [0.2, 0.25) is 5.02 Å². The Hall–Kier alpha value is -0.860. The van der Waals surface area contributed by atoms with E-state index in [1.165, 1.54) is 38.6 Å². The van der Waals surface area contributed by atoms with Gasteiger partial charge < -0.3 is 0 Å². The van der Waals surface area contributed by atoms with E-state index in [4.69, 9.17) is 11.6 Å². The fourth-order valence-corrected chi connectivity index (χ4v) is 3.97. The highest BCUT2D eigenvalue weighted by atomic mass is 35.5. The van der Waals surface area contributed by atoms with Gasteiger partial charge in [0.2, 0.25) is 0 Å². The molecule has 2 nitrogen and oxygen atoms in total. The zero-order valence-electron chi connectivity index (χ0n) is 12.6. The van der Waals surface area contributed by atoms with E-state index in [9.17, 15) is 4.79 Å². The molecule has 1 aromatic carbocycles. The van der Waals surface area contributed by atoms with Gasteiger partial charge in [0.25, 0.3) is 0 Å². The lowest BCUT2D eigenvalue weighted by atomic mass is 9.87. The van der Waals surface area contributed by atoms with Gasteiger partial charge in [-0.3, -0.25) is 9.69 Å². The maximum absolute atomic E-state index is 12.7. The highest BCUT2D eigenvalue weighted by Crippen LogP contribution is 2.28. The minimum Gasteiger partial charge on any atom is -0.300 e. The van der Waals surface area contributed by atoms with Crippen molar-refractivity contribution in [3.05, 3.63) is 34.9 Å². The molecule has 0 spiro atoms. The Labute approximate surface area is 132 Å². The van der Waals surface area contributed by atoms with E-state index in [1.54, 1.807) is 0 Å². The zero-order chi connectivity index (χ0) is 14.7. The van der Waals surface area contributed by atoms with Crippen LogP contribution in [0.3, 0.4) is 0 Å². The Morgan fingerprint density at radius 2 is 1.71 bits per heavy atom. The van der Waals surface area contributed by atoms with Crippen LogP contribution in [0.25, 0.3) is 0 Å². The van der Waals surface area contributed by atoms with E-state index < -0.39 is 0 Å². The molecule has 1 saturated carbocycles. The average molecular weight is 306 g/mol. The third kappa shape index (κ3) is 3.67. The molecule has 21 heavy (non-hydrogen) atoms. The Morgan fingerprint density at radius 3 is 2.43 bits per heavy atom. The van der Waals surface area contributed by atoms with Crippen molar-refractivity contribution in [1.82, 2.24) is 4.90 Å². The smallest absolute Gasteiger partial charge is 0.167 e. The first-order valence-electron chi connectivity index (χ1n) is 8.28. The number of piperidine rings is 1. The molecule has 1 saturated heterocycles. The largest absolute Gasteiger partial charge is 0.300 e. The molecule has 0 amide bonds. The number of hydrogen-bond acceptors (Lipinski definition) is 2. The molecule has 1 aromatic rings. The van der Waals surface area contributed by atoms with Crippen LogP contribution < -0.4 is 0 Å². The maximum Gasteiger partial charge on any atom is 0.167 e. The normalized spacial score (nSPS) is 24.9. The van der Waals surface area contributed by atoms with E-state index in [1.807, 2.05) is 24.3 Å². The van der Waals surface area contributed by atoms with Gasteiger partial charge in [-0.2, -0.15) is 0 Å². The second kappa shape index (κ2) is 6.93. The first kappa shape index (κ1) is 15.1. The number of carbonyl (C=O) groups excluding carboxylic acids is 1. The molecule has 0 bridgehead atoms. The minimum absolute atomic E-state index is 0.168. The summed E-state index contributed by atoms with van der Waals surface area (Å²) in [6.07, 6.45) is 8.93. The number of hydrogen-bond donors (Lipinski definition) is 0. The predicted molar refractivity (Wildman–Crippen MR) is 87.0 cm³/mol. The van der Waals surface area contributed by atoms with Crippen LogP contribution in [0, 0.1) is 5.92 Å². The van der Waals surface area contributed by atoms with Gasteiger partial charge in [-0.05, 0) is 56.5 Å². The molecule has 1 heterocycles. The fraction of sp³-hybridized carbons (Fsp3) is 0.611. The first-order valence-corrected chi connectivity index (χ1v) is 8.65. The molecule has 114 valence electrons. The molecule has 1 aliphatic carbocycles. The molecule has 0 N–H and O–H groups in total. The molecule has 3 heteroatoms. The van der Waals surface area contributed by atoms with Crippen molar-refractivity contribution in [3.8, 4) is 0 Å². The lowest BCUT2D eigenvalue weighted by Gasteiger charge is -2.39. The highest BCUT2D eigenvalue weighted by molar-refractivity contribution is 6.30. The van der Waals surface area contributed by atoms with Crippen molar-refractivity contribution in [2.75, 3.05) is 13.1 Å². The van der Waals surface area contributed by atoms with E-state index in [0.29, 0.717) is 10.8 Å². The SMILES string of the molecule is O=C(c1ccc(Cl)cc1)C1CCCN(C2CCCCC2)C1. The first-order chi connectivity index (χ1) is 10.2. The molecular formula is C18H24ClNO. The van der Waals surface area contributed by atoms with Gasteiger partial charge in [0.1, 0.15) is 0 Å². The van der Waals surface area contributed by atoms with E-state index in [2.05, 4.69) is 4.90 Å². The summed E-state index contributed by atoms with van der Waals surface area (Å²) in [4.78, 5) is 15.3. The summed E-state index contributed by atoms with van der Waals surface area (Å²) in [5.41, 5.74) is 0.815. The molecule has 1 unspecified atom stereocenters. The van der Waals surface area contributed by atoms with Crippen LogP contribution in [-0.4, -0.2) is 29.8 Å². The number of Topliss-reactive ketones (excluding diaryl/α,β-unsaturated/α-hetero) is 1. The number of carbonyl (C=O) groups is 1. The van der Waals surface area contributed by atoms with E-state index in [0.717, 1.165) is 31.0 Å². The molecule has 0 aromatic heterocycles. The van der Waals surface area contributed by atoms with Crippen molar-refractivity contribution in [3.63, 3.8) is 0 Å². The van der Waals surface area contributed by atoms with Gasteiger partial charge in [0.05, 0.1) is 0 Å². The van der Waals surface area contributed by atoms with Gasteiger partial charge in [-0.15, -0.1) is 0 Å². The summed E-state index contributed by atoms with van der Waals surface area (Å²) in [6.45, 7) is 2.13. The Kier molecular flexibility index (Phi) is 4.97. The quantitative estimate of drug-likeness (QED) is 0.763. The molecule has 1 atom stereocenters. The Bertz CT molecular complexity index is 478. The summed E-state index contributed by atoms with van der Waals surface area (Å²) >= 11 is 5.91. The maximum atomic E-state index is 12.7. The summed E-state index contributed by atoms with van der Waals surface area (Å²) in [7, 11) is 0. The molecule has 2 aliphatic rings. The standard InChI is InChI=1S/C18H24ClNO/c19-16-10-8-14(9-11-16)18(21)15-5-4-12-20(13-15)17-6-2-1-3-7-17/h8-11,15,17H,1-7,12-13H2. The molecular weight excluding hydrogens is 282 g/mol. The van der Waals surface area contributed by atoms with Gasteiger partial charge in [0.15, 0.2) is 5.78 Å². The number of rotatable bonds is 3. The zero-order valence-corrected chi connectivity index (χ0v) is 13.3. The van der Waals surface area contributed by atoms with Crippen LogP contribution in [-0.2, 0) is 0 Å². The summed E-state index contributed by atoms with van der Waals surface area (Å²) in [6, 6.07) is 8.08. The molecule has 1 aliphatic heterocycles. The van der Waals surface area contributed by atoms with Gasteiger partial charge in [-0.1, -0.05) is 30.9 Å². The molecule has 2 fully saturated rings.